The van der Waals surface area contributed by atoms with E-state index in [1.165, 1.54) is 31.1 Å². The highest BCUT2D eigenvalue weighted by Crippen LogP contribution is 2.30. The zero-order chi connectivity index (χ0) is 14.4. The summed E-state index contributed by atoms with van der Waals surface area (Å²) in [6.45, 7) is 3.14. The van der Waals surface area contributed by atoms with E-state index in [-0.39, 0.29) is 5.82 Å². The molecule has 112 valence electrons. The summed E-state index contributed by atoms with van der Waals surface area (Å²) in [5, 5.41) is 4.72. The zero-order valence-electron chi connectivity index (χ0n) is 12.0. The number of benzene rings is 1. The summed E-state index contributed by atoms with van der Waals surface area (Å²) in [7, 11) is 0. The number of nitrogens with one attached hydrogen (secondary N) is 1. The minimum atomic E-state index is -0.179. The molecule has 1 fully saturated rings. The molecule has 1 aromatic rings. The van der Waals surface area contributed by atoms with Crippen LogP contribution >= 0.6 is 23.4 Å². The molecule has 20 heavy (non-hydrogen) atoms. The van der Waals surface area contributed by atoms with E-state index in [1.54, 1.807) is 12.1 Å². The summed E-state index contributed by atoms with van der Waals surface area (Å²) in [6, 6.07) is 5.27. The Balaban J connectivity index is 2.09. The smallest absolute Gasteiger partial charge is 0.127 e. The van der Waals surface area contributed by atoms with E-state index in [0.29, 0.717) is 28.3 Å². The first-order valence-corrected chi connectivity index (χ1v) is 8.93. The van der Waals surface area contributed by atoms with Gasteiger partial charge >= 0.3 is 0 Å². The minimum absolute atomic E-state index is 0.179. The summed E-state index contributed by atoms with van der Waals surface area (Å²) in [4.78, 5) is 0. The van der Waals surface area contributed by atoms with Crippen molar-refractivity contribution in [3.63, 3.8) is 0 Å². The molecule has 0 amide bonds. The maximum absolute atomic E-state index is 14.0. The Morgan fingerprint density at radius 1 is 1.45 bits per heavy atom. The van der Waals surface area contributed by atoms with Crippen molar-refractivity contribution < 1.29 is 4.39 Å². The Bertz CT molecular complexity index is 401. The van der Waals surface area contributed by atoms with Gasteiger partial charge in [-0.3, -0.25) is 0 Å². The predicted octanol–water partition coefficient (Wildman–Crippen LogP) is 4.68. The third-order valence-electron chi connectivity index (χ3n) is 3.81. The molecule has 0 spiro atoms. The van der Waals surface area contributed by atoms with Crippen molar-refractivity contribution in [1.82, 2.24) is 5.32 Å². The van der Waals surface area contributed by atoms with Gasteiger partial charge < -0.3 is 5.32 Å². The quantitative estimate of drug-likeness (QED) is 0.818. The van der Waals surface area contributed by atoms with Crippen molar-refractivity contribution in [1.29, 1.82) is 0 Å². The van der Waals surface area contributed by atoms with Crippen molar-refractivity contribution in [2.75, 3.05) is 12.3 Å². The van der Waals surface area contributed by atoms with Gasteiger partial charge in [0, 0.05) is 21.9 Å². The van der Waals surface area contributed by atoms with Crippen LogP contribution in [0.4, 0.5) is 4.39 Å². The summed E-state index contributed by atoms with van der Waals surface area (Å²) < 4.78 is 14.0. The molecule has 2 unspecified atom stereocenters. The number of halogens is 2. The third kappa shape index (κ3) is 4.37. The lowest BCUT2D eigenvalue weighted by molar-refractivity contribution is 0.454. The Kier molecular flexibility index (Phi) is 6.66. The average Bonchev–Trinajstić information content (AvgIpc) is 2.47. The number of hydrogen-bond donors (Lipinski definition) is 1. The van der Waals surface area contributed by atoms with E-state index in [1.807, 2.05) is 11.8 Å². The summed E-state index contributed by atoms with van der Waals surface area (Å²) in [6.07, 6.45) is 5.59. The number of rotatable bonds is 6. The Hall–Kier alpha value is -0.250. The van der Waals surface area contributed by atoms with Crippen LogP contribution in [0.5, 0.6) is 0 Å². The Labute approximate surface area is 130 Å². The van der Waals surface area contributed by atoms with Gasteiger partial charge in [-0.2, -0.15) is 11.8 Å². The van der Waals surface area contributed by atoms with E-state index >= 15 is 0 Å². The van der Waals surface area contributed by atoms with Crippen molar-refractivity contribution >= 4 is 23.4 Å². The third-order valence-corrected chi connectivity index (χ3v) is 5.68. The molecule has 0 bridgehead atoms. The monoisotopic (exact) mass is 315 g/mol. The van der Waals surface area contributed by atoms with E-state index in [2.05, 4.69) is 12.2 Å². The van der Waals surface area contributed by atoms with Crippen LogP contribution in [0.2, 0.25) is 5.02 Å². The lowest BCUT2D eigenvalue weighted by Gasteiger charge is -2.31. The molecule has 1 aliphatic rings. The molecule has 0 aromatic heterocycles. The summed E-state index contributed by atoms with van der Waals surface area (Å²) >= 11 is 8.20. The van der Waals surface area contributed by atoms with Gasteiger partial charge in [-0.05, 0) is 50.1 Å². The van der Waals surface area contributed by atoms with E-state index < -0.39 is 0 Å². The SMILES string of the molecule is CCCNC(Cc1c(F)cccc1Cl)C1CCCCS1. The number of thioether (sulfide) groups is 1. The lowest BCUT2D eigenvalue weighted by atomic mass is 9.99. The minimum Gasteiger partial charge on any atom is -0.313 e. The van der Waals surface area contributed by atoms with Crippen LogP contribution in [0.25, 0.3) is 0 Å². The molecule has 1 aliphatic heterocycles. The van der Waals surface area contributed by atoms with E-state index in [0.717, 1.165) is 13.0 Å². The first-order chi connectivity index (χ1) is 9.72. The predicted molar refractivity (Wildman–Crippen MR) is 87.3 cm³/mol. The lowest BCUT2D eigenvalue weighted by Crippen LogP contribution is -2.41. The molecular weight excluding hydrogens is 293 g/mol. The summed E-state index contributed by atoms with van der Waals surface area (Å²) in [5.74, 6) is 1.04. The van der Waals surface area contributed by atoms with Gasteiger partial charge in [0.2, 0.25) is 0 Å². The molecule has 1 aromatic carbocycles. The highest BCUT2D eigenvalue weighted by Gasteiger charge is 2.25. The second kappa shape index (κ2) is 8.26. The molecular formula is C16H23ClFNS. The fraction of sp³-hybridized carbons (Fsp3) is 0.625. The topological polar surface area (TPSA) is 12.0 Å². The molecule has 1 nitrogen and oxygen atoms in total. The zero-order valence-corrected chi connectivity index (χ0v) is 13.6. The van der Waals surface area contributed by atoms with E-state index in [4.69, 9.17) is 11.6 Å². The van der Waals surface area contributed by atoms with Gasteiger partial charge in [-0.1, -0.05) is 31.0 Å². The van der Waals surface area contributed by atoms with E-state index in [9.17, 15) is 4.39 Å². The maximum Gasteiger partial charge on any atom is 0.127 e. The molecule has 0 saturated carbocycles. The van der Waals surface area contributed by atoms with Crippen LogP contribution < -0.4 is 5.32 Å². The molecule has 2 atom stereocenters. The van der Waals surface area contributed by atoms with Crippen LogP contribution in [-0.4, -0.2) is 23.6 Å². The van der Waals surface area contributed by atoms with Crippen LogP contribution in [0.15, 0.2) is 18.2 Å². The van der Waals surface area contributed by atoms with Crippen molar-refractivity contribution in [2.24, 2.45) is 0 Å². The van der Waals surface area contributed by atoms with Crippen LogP contribution in [-0.2, 0) is 6.42 Å². The highest BCUT2D eigenvalue weighted by molar-refractivity contribution is 8.00. The summed E-state index contributed by atoms with van der Waals surface area (Å²) in [5.41, 5.74) is 0.661. The van der Waals surface area contributed by atoms with Gasteiger partial charge in [-0.15, -0.1) is 0 Å². The van der Waals surface area contributed by atoms with Gasteiger partial charge in [0.15, 0.2) is 0 Å². The molecule has 1 heterocycles. The highest BCUT2D eigenvalue weighted by atomic mass is 35.5. The molecule has 0 aliphatic carbocycles. The maximum atomic E-state index is 14.0. The fourth-order valence-corrected chi connectivity index (χ4v) is 4.37. The van der Waals surface area contributed by atoms with Gasteiger partial charge in [0.05, 0.1) is 0 Å². The first-order valence-electron chi connectivity index (χ1n) is 7.50. The molecule has 1 saturated heterocycles. The second-order valence-electron chi connectivity index (χ2n) is 5.37. The normalized spacial score (nSPS) is 20.9. The number of hydrogen-bond acceptors (Lipinski definition) is 2. The van der Waals surface area contributed by atoms with Gasteiger partial charge in [0.1, 0.15) is 5.82 Å². The van der Waals surface area contributed by atoms with Crippen molar-refractivity contribution in [3.8, 4) is 0 Å². The largest absolute Gasteiger partial charge is 0.313 e. The molecule has 0 radical (unpaired) electrons. The standard InChI is InChI=1S/C16H23ClFNS/c1-2-9-19-15(16-8-3-4-10-20-16)11-12-13(17)6-5-7-14(12)18/h5-7,15-16,19H,2-4,8-11H2,1H3. The second-order valence-corrected chi connectivity index (χ2v) is 7.12. The van der Waals surface area contributed by atoms with Gasteiger partial charge in [-0.25, -0.2) is 4.39 Å². The van der Waals surface area contributed by atoms with Crippen LogP contribution in [0.1, 0.15) is 38.2 Å². The van der Waals surface area contributed by atoms with Crippen molar-refractivity contribution in [2.45, 2.75) is 50.3 Å². The Morgan fingerprint density at radius 3 is 2.95 bits per heavy atom. The average molecular weight is 316 g/mol. The molecule has 1 N–H and O–H groups in total. The Morgan fingerprint density at radius 2 is 2.30 bits per heavy atom. The van der Waals surface area contributed by atoms with Crippen LogP contribution in [0, 0.1) is 5.82 Å². The van der Waals surface area contributed by atoms with Gasteiger partial charge in [0.25, 0.3) is 0 Å². The first kappa shape index (κ1) is 16.1. The van der Waals surface area contributed by atoms with Crippen LogP contribution in [0.3, 0.4) is 0 Å². The fourth-order valence-electron chi connectivity index (χ4n) is 2.70. The van der Waals surface area contributed by atoms with Crippen molar-refractivity contribution in [3.05, 3.63) is 34.6 Å². The molecule has 2 rings (SSSR count). The molecule has 4 heteroatoms.